The molecular weight excluding hydrogens is 532 g/mol. The molecule has 0 aliphatic carbocycles. The molecule has 2 unspecified atom stereocenters. The molecule has 2 heterocycles. The lowest BCUT2D eigenvalue weighted by atomic mass is 9.76. The van der Waals surface area contributed by atoms with Crippen LogP contribution in [0.15, 0.2) is 35.3 Å². The summed E-state index contributed by atoms with van der Waals surface area (Å²) in [5.74, 6) is 0.0146. The van der Waals surface area contributed by atoms with Gasteiger partial charge in [0.2, 0.25) is 5.91 Å². The molecule has 4 rings (SSSR count). The Morgan fingerprint density at radius 2 is 1.79 bits per heavy atom. The quantitative estimate of drug-likeness (QED) is 0.354. The molecule has 2 atom stereocenters. The van der Waals surface area contributed by atoms with Crippen LogP contribution in [0.5, 0.6) is 0 Å². The van der Waals surface area contributed by atoms with Crippen molar-refractivity contribution >= 4 is 64.1 Å². The maximum atomic E-state index is 14.3. The number of halogens is 6. The van der Waals surface area contributed by atoms with Crippen LogP contribution in [0.3, 0.4) is 0 Å². The summed E-state index contributed by atoms with van der Waals surface area (Å²) in [6.45, 7) is 1.13. The van der Waals surface area contributed by atoms with Gasteiger partial charge in [-0.15, -0.1) is 11.8 Å². The fourth-order valence-corrected chi connectivity index (χ4v) is 5.28. The van der Waals surface area contributed by atoms with Gasteiger partial charge in [-0.1, -0.05) is 40.9 Å². The number of aliphatic imine (C=N–C) groups is 1. The number of rotatable bonds is 4. The highest BCUT2D eigenvalue weighted by Crippen LogP contribution is 2.49. The third-order valence-electron chi connectivity index (χ3n) is 6.12. The summed E-state index contributed by atoms with van der Waals surface area (Å²) < 4.78 is 43.0. The molecule has 180 valence electrons. The van der Waals surface area contributed by atoms with Gasteiger partial charge in [-0.3, -0.25) is 19.9 Å². The monoisotopic (exact) mass is 548 g/mol. The fraction of sp³-hybridized carbons (Fsp3) is 0.348. The van der Waals surface area contributed by atoms with E-state index in [1.54, 1.807) is 13.0 Å². The van der Waals surface area contributed by atoms with Crippen LogP contribution < -0.4 is 5.32 Å². The van der Waals surface area contributed by atoms with Gasteiger partial charge in [0.05, 0.1) is 26.9 Å². The van der Waals surface area contributed by atoms with Gasteiger partial charge < -0.3 is 0 Å². The molecule has 0 bridgehead atoms. The van der Waals surface area contributed by atoms with Crippen molar-refractivity contribution in [2.75, 3.05) is 12.3 Å². The highest BCUT2D eigenvalue weighted by Gasteiger charge is 2.58. The van der Waals surface area contributed by atoms with E-state index in [4.69, 9.17) is 34.8 Å². The number of alkyl halides is 3. The van der Waals surface area contributed by atoms with E-state index in [0.717, 1.165) is 12.2 Å². The molecule has 2 aromatic rings. The van der Waals surface area contributed by atoms with Gasteiger partial charge in [0.1, 0.15) is 5.41 Å². The largest absolute Gasteiger partial charge is 0.400 e. The predicted molar refractivity (Wildman–Crippen MR) is 130 cm³/mol. The zero-order valence-corrected chi connectivity index (χ0v) is 20.8. The number of imide groups is 1. The van der Waals surface area contributed by atoms with Crippen molar-refractivity contribution in [3.63, 3.8) is 0 Å². The second-order valence-electron chi connectivity index (χ2n) is 8.27. The first-order chi connectivity index (χ1) is 15.9. The average Bonchev–Trinajstić information content (AvgIpc) is 3.17. The Hall–Kier alpha value is -1.74. The minimum Gasteiger partial charge on any atom is -0.291 e. The van der Waals surface area contributed by atoms with Crippen LogP contribution in [0.25, 0.3) is 0 Å². The molecule has 2 aromatic carbocycles. The number of hydrogen-bond acceptors (Lipinski definition) is 4. The molecule has 34 heavy (non-hydrogen) atoms. The van der Waals surface area contributed by atoms with E-state index in [9.17, 15) is 22.8 Å². The van der Waals surface area contributed by atoms with Crippen LogP contribution in [0.2, 0.25) is 15.1 Å². The Kier molecular flexibility index (Phi) is 6.99. The van der Waals surface area contributed by atoms with Crippen LogP contribution in [0.1, 0.15) is 39.9 Å². The highest BCUT2D eigenvalue weighted by atomic mass is 35.5. The van der Waals surface area contributed by atoms with Gasteiger partial charge in [-0.2, -0.15) is 13.2 Å². The smallest absolute Gasteiger partial charge is 0.291 e. The highest BCUT2D eigenvalue weighted by molar-refractivity contribution is 8.01. The molecule has 2 aliphatic heterocycles. The van der Waals surface area contributed by atoms with Gasteiger partial charge in [0.25, 0.3) is 5.91 Å². The number of carbonyl (C=O) groups excluding carboxylic acids is 2. The van der Waals surface area contributed by atoms with E-state index in [1.807, 2.05) is 0 Å². The van der Waals surface area contributed by atoms with Gasteiger partial charge in [-0.25, -0.2) is 0 Å². The van der Waals surface area contributed by atoms with E-state index < -0.39 is 30.5 Å². The number of thioether (sulfide) groups is 1. The van der Waals surface area contributed by atoms with Crippen LogP contribution in [0.4, 0.5) is 13.2 Å². The molecule has 1 fully saturated rings. The molecule has 0 radical (unpaired) electrons. The summed E-state index contributed by atoms with van der Waals surface area (Å²) in [5.41, 5.74) is -0.911. The van der Waals surface area contributed by atoms with Crippen molar-refractivity contribution in [1.29, 1.82) is 0 Å². The molecule has 1 saturated heterocycles. The summed E-state index contributed by atoms with van der Waals surface area (Å²) >= 11 is 19.4. The van der Waals surface area contributed by atoms with Crippen LogP contribution in [0, 0.1) is 6.92 Å². The molecule has 1 N–H and O–H groups in total. The maximum absolute atomic E-state index is 14.3. The van der Waals surface area contributed by atoms with Gasteiger partial charge in [0.15, 0.2) is 0 Å². The molecule has 0 aromatic heterocycles. The first-order valence-corrected chi connectivity index (χ1v) is 12.4. The molecular formula is C23H18Cl3F3N2O2S. The van der Waals surface area contributed by atoms with Crippen molar-refractivity contribution in [3.8, 4) is 0 Å². The van der Waals surface area contributed by atoms with Crippen molar-refractivity contribution in [2.45, 2.75) is 36.6 Å². The van der Waals surface area contributed by atoms with Gasteiger partial charge >= 0.3 is 6.18 Å². The summed E-state index contributed by atoms with van der Waals surface area (Å²) in [7, 11) is 0. The lowest BCUT2D eigenvalue weighted by Crippen LogP contribution is -2.43. The molecule has 0 saturated carbocycles. The van der Waals surface area contributed by atoms with Crippen molar-refractivity contribution < 1.29 is 22.8 Å². The summed E-state index contributed by atoms with van der Waals surface area (Å²) in [6, 6.07) is 6.99. The van der Waals surface area contributed by atoms with E-state index >= 15 is 0 Å². The minimum atomic E-state index is -4.63. The molecule has 0 spiro atoms. The normalized spacial score (nSPS) is 22.2. The number of nitrogens with zero attached hydrogens (tertiary/aromatic N) is 1. The minimum absolute atomic E-state index is 0.0116. The third kappa shape index (κ3) is 4.57. The zero-order valence-electron chi connectivity index (χ0n) is 17.7. The predicted octanol–water partition coefficient (Wildman–Crippen LogP) is 6.41. The Morgan fingerprint density at radius 1 is 1.15 bits per heavy atom. The topological polar surface area (TPSA) is 58.5 Å². The van der Waals surface area contributed by atoms with E-state index in [-0.39, 0.29) is 43.1 Å². The Labute approximate surface area is 213 Å². The Balaban J connectivity index is 1.59. The summed E-state index contributed by atoms with van der Waals surface area (Å²) in [5, 5.41) is 2.02. The second-order valence-corrected chi connectivity index (χ2v) is 10.8. The third-order valence-corrected chi connectivity index (χ3v) is 8.64. The molecule has 11 heteroatoms. The van der Waals surface area contributed by atoms with E-state index in [1.165, 1.54) is 36.0 Å². The summed E-state index contributed by atoms with van der Waals surface area (Å²) in [6.07, 6.45) is -4.33. The maximum Gasteiger partial charge on any atom is 0.400 e. The fourth-order valence-electron chi connectivity index (χ4n) is 4.00. The Morgan fingerprint density at radius 3 is 2.32 bits per heavy atom. The van der Waals surface area contributed by atoms with Gasteiger partial charge in [-0.05, 0) is 60.1 Å². The SMILES string of the molecule is Cc1cc(C2=NCC(c3cc(Cl)c(Cl)c(Cl)c3)(C(F)(F)F)C2)ccc1C(=O)NC(=O)C1CCS1. The number of amides is 2. The van der Waals surface area contributed by atoms with Crippen molar-refractivity contribution in [2.24, 2.45) is 4.99 Å². The Bertz CT molecular complexity index is 1190. The van der Waals surface area contributed by atoms with Crippen LogP contribution >= 0.6 is 46.6 Å². The van der Waals surface area contributed by atoms with Crippen molar-refractivity contribution in [3.05, 3.63) is 67.7 Å². The lowest BCUT2D eigenvalue weighted by molar-refractivity contribution is -0.183. The van der Waals surface area contributed by atoms with E-state index in [2.05, 4.69) is 10.3 Å². The number of hydrogen-bond donors (Lipinski definition) is 1. The molecule has 2 aliphatic rings. The lowest BCUT2D eigenvalue weighted by Gasteiger charge is -2.32. The number of carbonyl (C=O) groups is 2. The number of aryl methyl sites for hydroxylation is 1. The van der Waals surface area contributed by atoms with Crippen molar-refractivity contribution in [1.82, 2.24) is 5.32 Å². The standard InChI is InChI=1S/C23H18Cl3F3N2O2S/c1-11-6-12(2-3-14(11)20(32)31-21(33)18-4-5-34-18)17-9-22(10-30-17,23(27,28)29)13-7-15(24)19(26)16(25)8-13/h2-3,6-8,18H,4-5,9-10H2,1H3,(H,31,32,33). The van der Waals surface area contributed by atoms with E-state index in [0.29, 0.717) is 11.1 Å². The van der Waals surface area contributed by atoms with Gasteiger partial charge in [0, 0.05) is 17.7 Å². The van der Waals surface area contributed by atoms with Crippen LogP contribution in [-0.2, 0) is 10.2 Å². The van der Waals surface area contributed by atoms with Crippen LogP contribution in [-0.4, -0.2) is 41.2 Å². The molecule has 2 amide bonds. The first kappa shape index (κ1) is 25.4. The second kappa shape index (κ2) is 9.37. The zero-order chi connectivity index (χ0) is 24.8. The molecule has 4 nitrogen and oxygen atoms in total. The number of nitrogens with one attached hydrogen (secondary N) is 1. The number of benzene rings is 2. The first-order valence-electron chi connectivity index (χ1n) is 10.3. The summed E-state index contributed by atoms with van der Waals surface area (Å²) in [4.78, 5) is 28.8. The average molecular weight is 550 g/mol.